The molecule has 2 amide bonds. The zero-order chi connectivity index (χ0) is 15.7. The Labute approximate surface area is 133 Å². The zero-order valence-corrected chi connectivity index (χ0v) is 13.8. The molecule has 0 atom stereocenters. The van der Waals surface area contributed by atoms with Crippen molar-refractivity contribution < 1.29 is 9.21 Å². The third-order valence-corrected chi connectivity index (χ3v) is 4.66. The molecule has 118 valence electrons. The molecule has 7 heteroatoms. The van der Waals surface area contributed by atoms with Gasteiger partial charge in [0.25, 0.3) is 0 Å². The van der Waals surface area contributed by atoms with Crippen LogP contribution < -0.4 is 5.32 Å². The molecule has 3 rings (SSSR count). The minimum Gasteiger partial charge on any atom is -0.464 e. The van der Waals surface area contributed by atoms with Gasteiger partial charge in [0.05, 0.1) is 6.54 Å². The summed E-state index contributed by atoms with van der Waals surface area (Å²) in [6, 6.07) is 3.99. The van der Waals surface area contributed by atoms with Crippen LogP contribution in [0.2, 0.25) is 0 Å². The predicted molar refractivity (Wildman–Crippen MR) is 85.0 cm³/mol. The standard InChI is InChI=1S/C15H20N4O2S/c1-9(2)13-17-18-14(22-13)16-15(20)19(11-5-6-11)8-12-7-4-10(3)21-12/h4,7,9,11H,5-6,8H2,1-3H3,(H,16,18,20). The van der Waals surface area contributed by atoms with Crippen LogP contribution in [0.15, 0.2) is 16.5 Å². The smallest absolute Gasteiger partial charge is 0.324 e. The number of rotatable bonds is 5. The third-order valence-electron chi connectivity index (χ3n) is 3.52. The van der Waals surface area contributed by atoms with Crippen molar-refractivity contribution in [1.82, 2.24) is 15.1 Å². The van der Waals surface area contributed by atoms with Crippen LogP contribution in [0.3, 0.4) is 0 Å². The number of nitrogens with zero attached hydrogens (tertiary/aromatic N) is 3. The Bertz CT molecular complexity index is 660. The number of aromatic nitrogens is 2. The lowest BCUT2D eigenvalue weighted by Crippen LogP contribution is -2.36. The van der Waals surface area contributed by atoms with Gasteiger partial charge >= 0.3 is 6.03 Å². The second kappa shape index (κ2) is 6.08. The van der Waals surface area contributed by atoms with E-state index in [1.54, 1.807) is 0 Å². The fraction of sp³-hybridized carbons (Fsp3) is 0.533. The summed E-state index contributed by atoms with van der Waals surface area (Å²) in [5, 5.41) is 12.5. The van der Waals surface area contributed by atoms with Gasteiger partial charge in [0.2, 0.25) is 5.13 Å². The third kappa shape index (κ3) is 3.47. The van der Waals surface area contributed by atoms with Gasteiger partial charge in [0.1, 0.15) is 16.5 Å². The lowest BCUT2D eigenvalue weighted by molar-refractivity contribution is 0.200. The van der Waals surface area contributed by atoms with Crippen LogP contribution in [0.4, 0.5) is 9.93 Å². The number of anilines is 1. The van der Waals surface area contributed by atoms with Gasteiger partial charge in [-0.05, 0) is 31.9 Å². The molecule has 1 aliphatic carbocycles. The van der Waals surface area contributed by atoms with Gasteiger partial charge < -0.3 is 9.32 Å². The van der Waals surface area contributed by atoms with Crippen molar-refractivity contribution in [3.8, 4) is 0 Å². The Balaban J connectivity index is 1.67. The summed E-state index contributed by atoms with van der Waals surface area (Å²) in [4.78, 5) is 14.3. The van der Waals surface area contributed by atoms with E-state index in [1.807, 2.05) is 24.0 Å². The van der Waals surface area contributed by atoms with Crippen molar-refractivity contribution in [2.45, 2.75) is 52.1 Å². The number of hydrogen-bond donors (Lipinski definition) is 1. The van der Waals surface area contributed by atoms with Crippen LogP contribution in [0.25, 0.3) is 0 Å². The Morgan fingerprint density at radius 2 is 2.23 bits per heavy atom. The highest BCUT2D eigenvalue weighted by atomic mass is 32.1. The molecule has 1 fully saturated rings. The number of aryl methyl sites for hydroxylation is 1. The van der Waals surface area contributed by atoms with Crippen LogP contribution in [0.5, 0.6) is 0 Å². The first-order valence-electron chi connectivity index (χ1n) is 7.49. The van der Waals surface area contributed by atoms with Crippen molar-refractivity contribution >= 4 is 22.5 Å². The molecule has 1 aliphatic rings. The van der Waals surface area contributed by atoms with Gasteiger partial charge in [-0.15, -0.1) is 10.2 Å². The Morgan fingerprint density at radius 1 is 1.45 bits per heavy atom. The zero-order valence-electron chi connectivity index (χ0n) is 13.0. The van der Waals surface area contributed by atoms with Crippen LogP contribution in [0, 0.1) is 6.92 Å². The molecule has 0 saturated heterocycles. The summed E-state index contributed by atoms with van der Waals surface area (Å²) in [5.74, 6) is 1.98. The average Bonchev–Trinajstić information content (AvgIpc) is 3.05. The fourth-order valence-corrected chi connectivity index (χ4v) is 2.91. The van der Waals surface area contributed by atoms with Crippen LogP contribution in [0.1, 0.15) is 49.1 Å². The fourth-order valence-electron chi connectivity index (χ4n) is 2.17. The molecule has 0 aliphatic heterocycles. The summed E-state index contributed by atoms with van der Waals surface area (Å²) >= 11 is 1.42. The Hall–Kier alpha value is -1.89. The maximum absolute atomic E-state index is 12.5. The molecule has 2 aromatic rings. The van der Waals surface area contributed by atoms with E-state index in [2.05, 4.69) is 29.4 Å². The quantitative estimate of drug-likeness (QED) is 0.910. The first kappa shape index (κ1) is 15.0. The number of hydrogen-bond acceptors (Lipinski definition) is 5. The highest BCUT2D eigenvalue weighted by Gasteiger charge is 2.33. The molecular weight excluding hydrogens is 300 g/mol. The number of nitrogens with one attached hydrogen (secondary N) is 1. The molecule has 22 heavy (non-hydrogen) atoms. The SMILES string of the molecule is Cc1ccc(CN(C(=O)Nc2nnc(C(C)C)s2)C2CC2)o1. The largest absolute Gasteiger partial charge is 0.464 e. The molecular formula is C15H20N4O2S. The number of furan rings is 1. The Morgan fingerprint density at radius 3 is 2.77 bits per heavy atom. The van der Waals surface area contributed by atoms with E-state index in [9.17, 15) is 4.79 Å². The van der Waals surface area contributed by atoms with E-state index >= 15 is 0 Å². The van der Waals surface area contributed by atoms with E-state index in [0.717, 1.165) is 29.4 Å². The number of urea groups is 1. The summed E-state index contributed by atoms with van der Waals surface area (Å²) in [6.45, 7) is 6.50. The van der Waals surface area contributed by atoms with Crippen molar-refractivity contribution in [3.05, 3.63) is 28.7 Å². The van der Waals surface area contributed by atoms with Crippen LogP contribution in [-0.2, 0) is 6.54 Å². The second-order valence-electron chi connectivity index (χ2n) is 5.90. The topological polar surface area (TPSA) is 71.3 Å². The van der Waals surface area contributed by atoms with Crippen molar-refractivity contribution in [2.75, 3.05) is 5.32 Å². The first-order chi connectivity index (χ1) is 10.5. The molecule has 0 unspecified atom stereocenters. The summed E-state index contributed by atoms with van der Waals surface area (Å²) < 4.78 is 5.58. The average molecular weight is 320 g/mol. The summed E-state index contributed by atoms with van der Waals surface area (Å²) in [6.07, 6.45) is 2.08. The molecule has 2 heterocycles. The van der Waals surface area contributed by atoms with E-state index in [4.69, 9.17) is 4.42 Å². The summed E-state index contributed by atoms with van der Waals surface area (Å²) in [7, 11) is 0. The molecule has 0 bridgehead atoms. The lowest BCUT2D eigenvalue weighted by atomic mass is 10.2. The molecule has 6 nitrogen and oxygen atoms in total. The predicted octanol–water partition coefficient (Wildman–Crippen LogP) is 3.76. The highest BCUT2D eigenvalue weighted by Crippen LogP contribution is 2.30. The van der Waals surface area contributed by atoms with Crippen LogP contribution >= 0.6 is 11.3 Å². The van der Waals surface area contributed by atoms with Crippen molar-refractivity contribution in [2.24, 2.45) is 0 Å². The monoisotopic (exact) mass is 320 g/mol. The number of carbonyl (C=O) groups is 1. The van der Waals surface area contributed by atoms with Gasteiger partial charge in [-0.3, -0.25) is 5.32 Å². The van der Waals surface area contributed by atoms with Gasteiger partial charge in [0.15, 0.2) is 0 Å². The molecule has 0 radical (unpaired) electrons. The highest BCUT2D eigenvalue weighted by molar-refractivity contribution is 7.15. The molecule has 1 saturated carbocycles. The van der Waals surface area contributed by atoms with Gasteiger partial charge in [-0.1, -0.05) is 25.2 Å². The van der Waals surface area contributed by atoms with Gasteiger partial charge in [-0.2, -0.15) is 0 Å². The van der Waals surface area contributed by atoms with E-state index in [0.29, 0.717) is 23.6 Å². The molecule has 0 aromatic carbocycles. The minimum atomic E-state index is -0.136. The maximum Gasteiger partial charge on any atom is 0.324 e. The minimum absolute atomic E-state index is 0.136. The Kier molecular flexibility index (Phi) is 4.15. The van der Waals surface area contributed by atoms with E-state index in [-0.39, 0.29) is 6.03 Å². The van der Waals surface area contributed by atoms with Crippen LogP contribution in [-0.4, -0.2) is 27.2 Å². The number of carbonyl (C=O) groups excluding carboxylic acids is 1. The molecule has 1 N–H and O–H groups in total. The second-order valence-corrected chi connectivity index (χ2v) is 6.91. The van der Waals surface area contributed by atoms with E-state index < -0.39 is 0 Å². The van der Waals surface area contributed by atoms with Gasteiger partial charge in [-0.25, -0.2) is 4.79 Å². The lowest BCUT2D eigenvalue weighted by Gasteiger charge is -2.20. The van der Waals surface area contributed by atoms with Crippen molar-refractivity contribution in [3.63, 3.8) is 0 Å². The van der Waals surface area contributed by atoms with Gasteiger partial charge in [0, 0.05) is 12.0 Å². The molecule has 0 spiro atoms. The normalized spacial score (nSPS) is 14.4. The summed E-state index contributed by atoms with van der Waals surface area (Å²) in [5.41, 5.74) is 0. The van der Waals surface area contributed by atoms with E-state index in [1.165, 1.54) is 11.3 Å². The molecule has 2 aromatic heterocycles. The van der Waals surface area contributed by atoms with Crippen molar-refractivity contribution in [1.29, 1.82) is 0 Å². The number of amides is 2. The maximum atomic E-state index is 12.5. The first-order valence-corrected chi connectivity index (χ1v) is 8.31.